The van der Waals surface area contributed by atoms with Gasteiger partial charge in [0, 0.05) is 24.6 Å². The standard InChI is InChI=1S/C26H37N3O3/c1-17(2)24-13-20(18(3)12-21(24)15-29-11-5-6-22(29)16-30)14-25-27-28-26(32-25)19-7-9-23(31-4)10-8-19/h7-10,12,17,20-22,24,30H,5-6,11,13-16H2,1-4H3/t20-,21-,22-,24-/m0/s1. The predicted octanol–water partition coefficient (Wildman–Crippen LogP) is 4.60. The Balaban J connectivity index is 1.45. The lowest BCUT2D eigenvalue weighted by atomic mass is 9.69. The average molecular weight is 440 g/mol. The summed E-state index contributed by atoms with van der Waals surface area (Å²) in [4.78, 5) is 2.50. The molecule has 6 nitrogen and oxygen atoms in total. The molecule has 0 amide bonds. The molecule has 2 aromatic rings. The number of allylic oxidation sites excluding steroid dienone is 1. The zero-order valence-corrected chi connectivity index (χ0v) is 19.8. The number of aromatic nitrogens is 2. The van der Waals surface area contributed by atoms with E-state index in [2.05, 4.69) is 41.9 Å². The lowest BCUT2D eigenvalue weighted by Gasteiger charge is -2.39. The summed E-state index contributed by atoms with van der Waals surface area (Å²) in [7, 11) is 1.66. The molecular formula is C26H37N3O3. The van der Waals surface area contributed by atoms with Crippen LogP contribution in [0.3, 0.4) is 0 Å². The van der Waals surface area contributed by atoms with Crippen LogP contribution in [0.4, 0.5) is 0 Å². The number of likely N-dealkylation sites (tertiary alicyclic amines) is 1. The largest absolute Gasteiger partial charge is 0.497 e. The normalized spacial score (nSPS) is 26.5. The van der Waals surface area contributed by atoms with Gasteiger partial charge in [0.2, 0.25) is 11.8 Å². The van der Waals surface area contributed by atoms with Crippen molar-refractivity contribution >= 4 is 0 Å². The first kappa shape index (κ1) is 23.0. The van der Waals surface area contributed by atoms with E-state index in [1.165, 1.54) is 12.0 Å². The smallest absolute Gasteiger partial charge is 0.247 e. The van der Waals surface area contributed by atoms with E-state index in [1.807, 2.05) is 24.3 Å². The maximum Gasteiger partial charge on any atom is 0.247 e. The van der Waals surface area contributed by atoms with Gasteiger partial charge in [-0.25, -0.2) is 0 Å². The molecule has 1 N–H and O–H groups in total. The van der Waals surface area contributed by atoms with E-state index in [4.69, 9.17) is 9.15 Å². The minimum atomic E-state index is 0.276. The average Bonchev–Trinajstić information content (AvgIpc) is 3.44. The van der Waals surface area contributed by atoms with E-state index in [-0.39, 0.29) is 6.61 Å². The van der Waals surface area contributed by atoms with Crippen LogP contribution in [0, 0.1) is 23.7 Å². The van der Waals surface area contributed by atoms with Crippen LogP contribution in [0.25, 0.3) is 11.5 Å². The van der Waals surface area contributed by atoms with Crippen LogP contribution in [-0.2, 0) is 6.42 Å². The summed E-state index contributed by atoms with van der Waals surface area (Å²) in [6, 6.07) is 8.03. The lowest BCUT2D eigenvalue weighted by molar-refractivity contribution is 0.117. The fourth-order valence-corrected chi connectivity index (χ4v) is 5.50. The van der Waals surface area contributed by atoms with Crippen LogP contribution in [0.15, 0.2) is 40.3 Å². The number of aliphatic hydroxyl groups excluding tert-OH is 1. The first-order chi connectivity index (χ1) is 15.5. The zero-order chi connectivity index (χ0) is 22.7. The van der Waals surface area contributed by atoms with E-state index < -0.39 is 0 Å². The third-order valence-corrected chi connectivity index (χ3v) is 7.46. The van der Waals surface area contributed by atoms with E-state index in [9.17, 15) is 5.11 Å². The molecule has 174 valence electrons. The number of aliphatic hydroxyl groups is 1. The molecule has 0 saturated carbocycles. The van der Waals surface area contributed by atoms with Crippen molar-refractivity contribution in [2.75, 3.05) is 26.8 Å². The number of benzene rings is 1. The second-order valence-corrected chi connectivity index (χ2v) is 9.82. The van der Waals surface area contributed by atoms with E-state index in [0.717, 1.165) is 43.7 Å². The quantitative estimate of drug-likeness (QED) is 0.606. The van der Waals surface area contributed by atoms with Gasteiger partial charge in [-0.05, 0) is 80.7 Å². The topological polar surface area (TPSA) is 71.6 Å². The molecule has 1 aromatic heterocycles. The maximum atomic E-state index is 9.72. The molecule has 0 bridgehead atoms. The van der Waals surface area contributed by atoms with Crippen molar-refractivity contribution in [2.45, 2.75) is 52.5 Å². The van der Waals surface area contributed by atoms with Gasteiger partial charge in [0.05, 0.1) is 13.7 Å². The Morgan fingerprint density at radius 1 is 1.22 bits per heavy atom. The maximum absolute atomic E-state index is 9.72. The first-order valence-electron chi connectivity index (χ1n) is 12.0. The Morgan fingerprint density at radius 2 is 2.00 bits per heavy atom. The van der Waals surface area contributed by atoms with Gasteiger partial charge in [-0.15, -0.1) is 10.2 Å². The Morgan fingerprint density at radius 3 is 2.69 bits per heavy atom. The molecule has 0 spiro atoms. The number of rotatable bonds is 8. The van der Waals surface area contributed by atoms with Crippen molar-refractivity contribution < 1.29 is 14.3 Å². The molecule has 2 aliphatic rings. The number of nitrogens with zero attached hydrogens (tertiary/aromatic N) is 3. The van der Waals surface area contributed by atoms with Crippen molar-refractivity contribution in [2.24, 2.45) is 23.7 Å². The summed E-state index contributed by atoms with van der Waals surface area (Å²) in [6.45, 7) is 9.37. The van der Waals surface area contributed by atoms with Crippen LogP contribution in [0.1, 0.15) is 45.9 Å². The molecule has 1 aliphatic heterocycles. The highest BCUT2D eigenvalue weighted by Gasteiger charge is 2.35. The van der Waals surface area contributed by atoms with Crippen LogP contribution in [0.5, 0.6) is 5.75 Å². The van der Waals surface area contributed by atoms with Crippen molar-refractivity contribution in [3.63, 3.8) is 0 Å². The fraction of sp³-hybridized carbons (Fsp3) is 0.615. The molecule has 2 heterocycles. The number of methoxy groups -OCH3 is 1. The number of ether oxygens (including phenoxy) is 1. The minimum absolute atomic E-state index is 0.276. The molecule has 0 radical (unpaired) electrons. The van der Waals surface area contributed by atoms with Crippen molar-refractivity contribution in [3.05, 3.63) is 41.8 Å². The second kappa shape index (κ2) is 10.2. The molecule has 6 heteroatoms. The minimum Gasteiger partial charge on any atom is -0.497 e. The third kappa shape index (κ3) is 5.07. The highest BCUT2D eigenvalue weighted by atomic mass is 16.5. The Hall–Kier alpha value is -2.18. The first-order valence-corrected chi connectivity index (χ1v) is 12.0. The van der Waals surface area contributed by atoms with Gasteiger partial charge in [-0.1, -0.05) is 25.5 Å². The van der Waals surface area contributed by atoms with Gasteiger partial charge < -0.3 is 14.3 Å². The van der Waals surface area contributed by atoms with Crippen LogP contribution in [0.2, 0.25) is 0 Å². The monoisotopic (exact) mass is 439 g/mol. The molecule has 1 aromatic carbocycles. The lowest BCUT2D eigenvalue weighted by Crippen LogP contribution is -2.40. The molecule has 4 rings (SSSR count). The van der Waals surface area contributed by atoms with Crippen LogP contribution < -0.4 is 4.74 Å². The molecule has 32 heavy (non-hydrogen) atoms. The molecule has 4 atom stereocenters. The fourth-order valence-electron chi connectivity index (χ4n) is 5.50. The van der Waals surface area contributed by atoms with Crippen LogP contribution in [-0.4, -0.2) is 53.1 Å². The van der Waals surface area contributed by atoms with Gasteiger partial charge in [0.25, 0.3) is 0 Å². The summed E-state index contributed by atoms with van der Waals surface area (Å²) in [6.07, 6.45) is 6.73. The van der Waals surface area contributed by atoms with Gasteiger partial charge in [-0.2, -0.15) is 0 Å². The Labute approximate surface area is 191 Å². The van der Waals surface area contributed by atoms with Crippen molar-refractivity contribution in [1.29, 1.82) is 0 Å². The van der Waals surface area contributed by atoms with Gasteiger partial charge in [-0.3, -0.25) is 4.90 Å². The van der Waals surface area contributed by atoms with Crippen LogP contribution >= 0.6 is 0 Å². The Bertz CT molecular complexity index is 905. The highest BCUT2D eigenvalue weighted by Crippen LogP contribution is 2.40. The molecule has 1 fully saturated rings. The van der Waals surface area contributed by atoms with Gasteiger partial charge in [0.1, 0.15) is 5.75 Å². The summed E-state index contributed by atoms with van der Waals surface area (Å²) >= 11 is 0. The predicted molar refractivity (Wildman–Crippen MR) is 125 cm³/mol. The number of hydrogen-bond acceptors (Lipinski definition) is 6. The summed E-state index contributed by atoms with van der Waals surface area (Å²) in [5, 5.41) is 18.3. The summed E-state index contributed by atoms with van der Waals surface area (Å²) in [5.74, 6) is 4.26. The molecule has 1 saturated heterocycles. The molecular weight excluding hydrogens is 402 g/mol. The third-order valence-electron chi connectivity index (χ3n) is 7.46. The second-order valence-electron chi connectivity index (χ2n) is 9.82. The number of hydrogen-bond donors (Lipinski definition) is 1. The van der Waals surface area contributed by atoms with Gasteiger partial charge >= 0.3 is 0 Å². The summed E-state index contributed by atoms with van der Waals surface area (Å²) < 4.78 is 11.3. The molecule has 0 unspecified atom stereocenters. The van der Waals surface area contributed by atoms with Gasteiger partial charge in [0.15, 0.2) is 0 Å². The van der Waals surface area contributed by atoms with E-state index >= 15 is 0 Å². The highest BCUT2D eigenvalue weighted by molar-refractivity contribution is 5.53. The molecule has 1 aliphatic carbocycles. The van der Waals surface area contributed by atoms with E-state index in [0.29, 0.717) is 41.5 Å². The van der Waals surface area contributed by atoms with E-state index in [1.54, 1.807) is 7.11 Å². The zero-order valence-electron chi connectivity index (χ0n) is 19.8. The Kier molecular flexibility index (Phi) is 7.31. The summed E-state index contributed by atoms with van der Waals surface area (Å²) in [5.41, 5.74) is 2.33. The van der Waals surface area contributed by atoms with Crippen molar-refractivity contribution in [3.8, 4) is 17.2 Å². The SMILES string of the molecule is COc1ccc(-c2nnc(C[C@@H]3C[C@@H](C(C)C)[C@H](CN4CCC[C@H]4CO)C=C3C)o2)cc1. The van der Waals surface area contributed by atoms with Crippen molar-refractivity contribution in [1.82, 2.24) is 15.1 Å².